The number of benzene rings is 1. The molecule has 0 spiro atoms. The smallest absolute Gasteiger partial charge is 0.387 e. The van der Waals surface area contributed by atoms with Crippen LogP contribution in [0.3, 0.4) is 0 Å². The molecule has 2 rings (SSSR count). The monoisotopic (exact) mass is 282 g/mol. The zero-order valence-corrected chi connectivity index (χ0v) is 10.7. The summed E-state index contributed by atoms with van der Waals surface area (Å²) in [5, 5.41) is 13.1. The molecule has 0 amide bonds. The number of H-pyrrole nitrogens is 1. The molecular formula is C14H16F2N2O2. The van der Waals surface area contributed by atoms with E-state index in [1.165, 1.54) is 12.1 Å². The van der Waals surface area contributed by atoms with Crippen LogP contribution in [0.15, 0.2) is 42.7 Å². The summed E-state index contributed by atoms with van der Waals surface area (Å²) < 4.78 is 28.2. The number of alkyl halides is 2. The Morgan fingerprint density at radius 3 is 2.55 bits per heavy atom. The average molecular weight is 282 g/mol. The molecule has 0 bridgehead atoms. The van der Waals surface area contributed by atoms with Crippen molar-refractivity contribution in [3.63, 3.8) is 0 Å². The van der Waals surface area contributed by atoms with E-state index in [0.29, 0.717) is 18.7 Å². The van der Waals surface area contributed by atoms with Crippen LogP contribution in [-0.4, -0.2) is 23.2 Å². The second kappa shape index (κ2) is 7.02. The van der Waals surface area contributed by atoms with Gasteiger partial charge in [-0.3, -0.25) is 0 Å². The van der Waals surface area contributed by atoms with Gasteiger partial charge in [-0.2, -0.15) is 8.78 Å². The quantitative estimate of drug-likeness (QED) is 0.731. The van der Waals surface area contributed by atoms with Gasteiger partial charge in [0.05, 0.1) is 6.10 Å². The Bertz CT molecular complexity index is 500. The first kappa shape index (κ1) is 14.5. The number of rotatable bonds is 7. The van der Waals surface area contributed by atoms with Gasteiger partial charge in [-0.1, -0.05) is 12.1 Å². The van der Waals surface area contributed by atoms with E-state index in [9.17, 15) is 13.9 Å². The van der Waals surface area contributed by atoms with Crippen molar-refractivity contribution in [2.75, 3.05) is 6.54 Å². The number of halogens is 2. The Balaban J connectivity index is 1.81. The molecule has 1 unspecified atom stereocenters. The van der Waals surface area contributed by atoms with E-state index in [4.69, 9.17) is 0 Å². The van der Waals surface area contributed by atoms with E-state index in [-0.39, 0.29) is 5.75 Å². The first-order valence-corrected chi connectivity index (χ1v) is 6.20. The molecule has 0 fully saturated rings. The van der Waals surface area contributed by atoms with Crippen molar-refractivity contribution >= 4 is 0 Å². The molecule has 20 heavy (non-hydrogen) atoms. The Morgan fingerprint density at radius 1 is 1.20 bits per heavy atom. The normalized spacial score (nSPS) is 12.6. The van der Waals surface area contributed by atoms with Gasteiger partial charge in [0, 0.05) is 25.5 Å². The van der Waals surface area contributed by atoms with Crippen LogP contribution < -0.4 is 10.1 Å². The lowest BCUT2D eigenvalue weighted by atomic mass is 10.1. The van der Waals surface area contributed by atoms with Crippen LogP contribution in [0, 0.1) is 0 Å². The maximum Gasteiger partial charge on any atom is 0.387 e. The van der Waals surface area contributed by atoms with Crippen LogP contribution in [0.5, 0.6) is 5.75 Å². The summed E-state index contributed by atoms with van der Waals surface area (Å²) in [5.41, 5.74) is 1.74. The molecule has 0 radical (unpaired) electrons. The lowest BCUT2D eigenvalue weighted by Crippen LogP contribution is -2.20. The largest absolute Gasteiger partial charge is 0.435 e. The summed E-state index contributed by atoms with van der Waals surface area (Å²) in [6.45, 7) is -1.82. The molecule has 3 N–H and O–H groups in total. The standard InChI is InChI=1S/C14H16F2N2O2/c15-14(16)20-12-3-1-11(2-4-12)13(19)9-18-8-10-5-6-17-7-10/h1-7,13-14,17-19H,8-9H2. The Kier molecular flexibility index (Phi) is 5.09. The van der Waals surface area contributed by atoms with Crippen LogP contribution in [0.4, 0.5) is 8.78 Å². The summed E-state index contributed by atoms with van der Waals surface area (Å²) in [7, 11) is 0. The summed E-state index contributed by atoms with van der Waals surface area (Å²) in [5.74, 6) is 0.0798. The van der Waals surface area contributed by atoms with Crippen molar-refractivity contribution < 1.29 is 18.6 Å². The summed E-state index contributed by atoms with van der Waals surface area (Å²) in [6.07, 6.45) is 3.00. The SMILES string of the molecule is OC(CNCc1cc[nH]c1)c1ccc(OC(F)F)cc1. The molecule has 108 valence electrons. The van der Waals surface area contributed by atoms with Crippen molar-refractivity contribution in [2.24, 2.45) is 0 Å². The fraction of sp³-hybridized carbons (Fsp3) is 0.286. The van der Waals surface area contributed by atoms with Crippen molar-refractivity contribution in [1.29, 1.82) is 0 Å². The molecule has 0 saturated heterocycles. The number of hydrogen-bond donors (Lipinski definition) is 3. The lowest BCUT2D eigenvalue weighted by molar-refractivity contribution is -0.0498. The minimum absolute atomic E-state index is 0.0798. The van der Waals surface area contributed by atoms with E-state index in [1.807, 2.05) is 18.5 Å². The van der Waals surface area contributed by atoms with Gasteiger partial charge in [0.2, 0.25) is 0 Å². The molecule has 0 aliphatic carbocycles. The van der Waals surface area contributed by atoms with Crippen LogP contribution in [0.25, 0.3) is 0 Å². The van der Waals surface area contributed by atoms with Crippen molar-refractivity contribution in [3.05, 3.63) is 53.9 Å². The molecule has 0 aliphatic heterocycles. The number of aliphatic hydroxyl groups is 1. The minimum atomic E-state index is -2.84. The van der Waals surface area contributed by atoms with Gasteiger partial charge in [-0.25, -0.2) is 0 Å². The number of aromatic amines is 1. The molecule has 0 saturated carbocycles. The number of aromatic nitrogens is 1. The molecule has 2 aromatic rings. The molecular weight excluding hydrogens is 266 g/mol. The van der Waals surface area contributed by atoms with Gasteiger partial charge in [-0.15, -0.1) is 0 Å². The summed E-state index contributed by atoms with van der Waals surface area (Å²) in [6, 6.07) is 7.91. The summed E-state index contributed by atoms with van der Waals surface area (Å²) in [4.78, 5) is 2.94. The maximum atomic E-state index is 12.0. The molecule has 1 atom stereocenters. The van der Waals surface area contributed by atoms with E-state index in [0.717, 1.165) is 5.56 Å². The Morgan fingerprint density at radius 2 is 1.95 bits per heavy atom. The zero-order valence-electron chi connectivity index (χ0n) is 10.7. The topological polar surface area (TPSA) is 57.3 Å². The highest BCUT2D eigenvalue weighted by molar-refractivity contribution is 5.28. The molecule has 1 heterocycles. The van der Waals surface area contributed by atoms with Crippen LogP contribution >= 0.6 is 0 Å². The highest BCUT2D eigenvalue weighted by Crippen LogP contribution is 2.19. The molecule has 4 nitrogen and oxygen atoms in total. The van der Waals surface area contributed by atoms with Crippen molar-refractivity contribution in [1.82, 2.24) is 10.3 Å². The van der Waals surface area contributed by atoms with Gasteiger partial charge < -0.3 is 20.1 Å². The fourth-order valence-corrected chi connectivity index (χ4v) is 1.81. The van der Waals surface area contributed by atoms with E-state index >= 15 is 0 Å². The predicted octanol–water partition coefficient (Wildman–Crippen LogP) is 2.44. The van der Waals surface area contributed by atoms with Crippen LogP contribution in [0.2, 0.25) is 0 Å². The number of ether oxygens (including phenoxy) is 1. The number of nitrogens with one attached hydrogen (secondary N) is 2. The maximum absolute atomic E-state index is 12.0. The van der Waals surface area contributed by atoms with Crippen molar-refractivity contribution in [3.8, 4) is 5.75 Å². The lowest BCUT2D eigenvalue weighted by Gasteiger charge is -2.12. The van der Waals surface area contributed by atoms with Gasteiger partial charge in [0.1, 0.15) is 5.75 Å². The molecule has 6 heteroatoms. The average Bonchev–Trinajstić information content (AvgIpc) is 2.92. The first-order valence-electron chi connectivity index (χ1n) is 6.20. The van der Waals surface area contributed by atoms with Crippen molar-refractivity contribution in [2.45, 2.75) is 19.3 Å². The predicted molar refractivity (Wildman–Crippen MR) is 70.5 cm³/mol. The van der Waals surface area contributed by atoms with Crippen LogP contribution in [-0.2, 0) is 6.54 Å². The molecule has 1 aromatic carbocycles. The second-order valence-corrected chi connectivity index (χ2v) is 4.31. The van der Waals surface area contributed by atoms with E-state index in [1.54, 1.807) is 12.1 Å². The first-order chi connectivity index (χ1) is 9.65. The third-order valence-corrected chi connectivity index (χ3v) is 2.82. The summed E-state index contributed by atoms with van der Waals surface area (Å²) >= 11 is 0. The van der Waals surface area contributed by atoms with Gasteiger partial charge in [0.25, 0.3) is 0 Å². The van der Waals surface area contributed by atoms with Crippen LogP contribution in [0.1, 0.15) is 17.2 Å². The molecule has 1 aromatic heterocycles. The van der Waals surface area contributed by atoms with Gasteiger partial charge in [-0.05, 0) is 29.3 Å². The van der Waals surface area contributed by atoms with E-state index in [2.05, 4.69) is 15.0 Å². The highest BCUT2D eigenvalue weighted by atomic mass is 19.3. The Hall–Kier alpha value is -1.92. The van der Waals surface area contributed by atoms with Gasteiger partial charge in [0.15, 0.2) is 0 Å². The third kappa shape index (κ3) is 4.32. The highest BCUT2D eigenvalue weighted by Gasteiger charge is 2.09. The van der Waals surface area contributed by atoms with E-state index < -0.39 is 12.7 Å². The Labute approximate surface area is 115 Å². The molecule has 0 aliphatic rings. The minimum Gasteiger partial charge on any atom is -0.435 e. The second-order valence-electron chi connectivity index (χ2n) is 4.31. The number of hydrogen-bond acceptors (Lipinski definition) is 3. The number of aliphatic hydroxyl groups excluding tert-OH is 1. The zero-order chi connectivity index (χ0) is 14.4. The fourth-order valence-electron chi connectivity index (χ4n) is 1.81. The van der Waals surface area contributed by atoms with Gasteiger partial charge >= 0.3 is 6.61 Å². The third-order valence-electron chi connectivity index (χ3n) is 2.82.